The summed E-state index contributed by atoms with van der Waals surface area (Å²) in [5, 5.41) is 32.5. The smallest absolute Gasteiger partial charge is 0.323 e. The van der Waals surface area contributed by atoms with Gasteiger partial charge in [0.25, 0.3) is 0 Å². The quantitative estimate of drug-likeness (QED) is 0.338. The van der Waals surface area contributed by atoms with Crippen molar-refractivity contribution in [3.05, 3.63) is 0 Å². The van der Waals surface area contributed by atoms with E-state index < -0.39 is 42.7 Å². The van der Waals surface area contributed by atoms with Crippen LogP contribution in [-0.4, -0.2) is 70.5 Å². The fraction of sp³-hybridized carbons (Fsp3) is 0.867. The molecule has 0 radical (unpaired) electrons. The normalized spacial score (nSPS) is 30.3. The van der Waals surface area contributed by atoms with Gasteiger partial charge in [-0.05, 0) is 12.3 Å². The van der Waals surface area contributed by atoms with Crippen LogP contribution in [0.25, 0.3) is 0 Å². The maximum atomic E-state index is 11.7. The van der Waals surface area contributed by atoms with Gasteiger partial charge in [0.2, 0.25) is 5.91 Å². The Hall–Kier alpha value is -0.970. The topological polar surface area (TPSA) is 151 Å². The lowest BCUT2D eigenvalue weighted by Gasteiger charge is -2.40. The highest BCUT2D eigenvalue weighted by molar-refractivity contribution is 5.85. The molecule has 6 N–H and O–H groups in total. The second kappa shape index (κ2) is 10.9. The fourth-order valence-electron chi connectivity index (χ4n) is 2.26. The van der Waals surface area contributed by atoms with Gasteiger partial charge >= 0.3 is 5.97 Å². The standard InChI is InChI=1S/C15H28N2O7.ClH/c1-4-5-9(18)17-11-13(20)12(19)8(24-15(11)22)6-23-14(21)10(16)7(2)3;/h7-8,10-13,15,19-20,22H,4-6,16H2,1-3H3,(H,17,18);1H/t8-,10?,11-,12-,13-,15?;/m1./s1. The molecule has 6 atom stereocenters. The van der Waals surface area contributed by atoms with Crippen molar-refractivity contribution in [1.82, 2.24) is 5.32 Å². The first kappa shape index (κ1) is 24.0. The summed E-state index contributed by atoms with van der Waals surface area (Å²) in [6, 6.07) is -1.98. The van der Waals surface area contributed by atoms with E-state index in [2.05, 4.69) is 5.32 Å². The number of carbonyl (C=O) groups is 2. The number of rotatable bonds is 7. The zero-order valence-corrected chi connectivity index (χ0v) is 15.4. The lowest BCUT2D eigenvalue weighted by molar-refractivity contribution is -0.256. The van der Waals surface area contributed by atoms with Gasteiger partial charge in [0.05, 0.1) is 0 Å². The van der Waals surface area contributed by atoms with E-state index in [1.807, 2.05) is 6.92 Å². The average Bonchev–Trinajstić information content (AvgIpc) is 2.52. The van der Waals surface area contributed by atoms with E-state index in [4.69, 9.17) is 15.2 Å². The Morgan fingerprint density at radius 1 is 1.24 bits per heavy atom. The van der Waals surface area contributed by atoms with Gasteiger partial charge in [0.15, 0.2) is 6.29 Å². The first-order valence-corrected chi connectivity index (χ1v) is 8.10. The molecule has 1 aliphatic heterocycles. The van der Waals surface area contributed by atoms with E-state index >= 15 is 0 Å². The molecule has 10 heteroatoms. The van der Waals surface area contributed by atoms with E-state index in [-0.39, 0.29) is 37.3 Å². The molecule has 1 fully saturated rings. The number of hydrogen-bond acceptors (Lipinski definition) is 8. The lowest BCUT2D eigenvalue weighted by atomic mass is 9.97. The Labute approximate surface area is 153 Å². The van der Waals surface area contributed by atoms with E-state index in [9.17, 15) is 24.9 Å². The van der Waals surface area contributed by atoms with Gasteiger partial charge in [-0.2, -0.15) is 0 Å². The molecule has 25 heavy (non-hydrogen) atoms. The zero-order valence-electron chi connectivity index (χ0n) is 14.6. The van der Waals surface area contributed by atoms with E-state index in [1.54, 1.807) is 13.8 Å². The minimum atomic E-state index is -1.54. The van der Waals surface area contributed by atoms with Crippen molar-refractivity contribution < 1.29 is 34.4 Å². The van der Waals surface area contributed by atoms with Crippen LogP contribution in [0.15, 0.2) is 0 Å². The summed E-state index contributed by atoms with van der Waals surface area (Å²) in [7, 11) is 0. The lowest BCUT2D eigenvalue weighted by Crippen LogP contribution is -2.64. The van der Waals surface area contributed by atoms with Gasteiger partial charge in [0, 0.05) is 6.42 Å². The molecule has 0 saturated carbocycles. The molecule has 0 aromatic heterocycles. The molecule has 0 aromatic carbocycles. The van der Waals surface area contributed by atoms with Crippen LogP contribution in [0.2, 0.25) is 0 Å². The van der Waals surface area contributed by atoms with Crippen LogP contribution in [0, 0.1) is 5.92 Å². The summed E-state index contributed by atoms with van der Waals surface area (Å²) in [5.74, 6) is -1.16. The number of amides is 1. The Balaban J connectivity index is 0.00000576. The molecule has 0 aromatic rings. The average molecular weight is 385 g/mol. The third-order valence-corrected chi connectivity index (χ3v) is 3.91. The molecule has 148 valence electrons. The van der Waals surface area contributed by atoms with Gasteiger partial charge in [0.1, 0.15) is 37.0 Å². The number of esters is 1. The number of aliphatic hydroxyl groups excluding tert-OH is 3. The second-order valence-corrected chi connectivity index (χ2v) is 6.29. The van der Waals surface area contributed by atoms with Crippen molar-refractivity contribution >= 4 is 24.3 Å². The van der Waals surface area contributed by atoms with Gasteiger partial charge < -0.3 is 35.8 Å². The van der Waals surface area contributed by atoms with E-state index in [1.165, 1.54) is 0 Å². The maximum absolute atomic E-state index is 11.7. The fourth-order valence-corrected chi connectivity index (χ4v) is 2.26. The molecule has 1 aliphatic rings. The summed E-state index contributed by atoms with van der Waals surface area (Å²) in [4.78, 5) is 23.3. The van der Waals surface area contributed by atoms with Crippen molar-refractivity contribution in [1.29, 1.82) is 0 Å². The van der Waals surface area contributed by atoms with Crippen LogP contribution in [0.3, 0.4) is 0 Å². The Morgan fingerprint density at radius 3 is 2.36 bits per heavy atom. The second-order valence-electron chi connectivity index (χ2n) is 6.29. The van der Waals surface area contributed by atoms with Crippen molar-refractivity contribution in [2.75, 3.05) is 6.61 Å². The maximum Gasteiger partial charge on any atom is 0.323 e. The van der Waals surface area contributed by atoms with Gasteiger partial charge in [-0.25, -0.2) is 0 Å². The van der Waals surface area contributed by atoms with Crippen molar-refractivity contribution in [3.63, 3.8) is 0 Å². The van der Waals surface area contributed by atoms with Crippen LogP contribution < -0.4 is 11.1 Å². The van der Waals surface area contributed by atoms with Crippen LogP contribution in [0.4, 0.5) is 0 Å². The number of nitrogens with one attached hydrogen (secondary N) is 1. The number of carbonyl (C=O) groups excluding carboxylic acids is 2. The van der Waals surface area contributed by atoms with Crippen LogP contribution in [0.5, 0.6) is 0 Å². The van der Waals surface area contributed by atoms with E-state index in [0.717, 1.165) is 0 Å². The van der Waals surface area contributed by atoms with Crippen molar-refractivity contribution in [2.24, 2.45) is 11.7 Å². The third kappa shape index (κ3) is 6.69. The summed E-state index contributed by atoms with van der Waals surface area (Å²) in [6.07, 6.45) is -4.74. The van der Waals surface area contributed by atoms with Crippen molar-refractivity contribution in [2.45, 2.75) is 70.3 Å². The summed E-state index contributed by atoms with van der Waals surface area (Å²) in [5.41, 5.74) is 5.65. The van der Waals surface area contributed by atoms with Crippen LogP contribution in [0.1, 0.15) is 33.6 Å². The summed E-state index contributed by atoms with van der Waals surface area (Å²) >= 11 is 0. The minimum Gasteiger partial charge on any atom is -0.462 e. The van der Waals surface area contributed by atoms with E-state index in [0.29, 0.717) is 6.42 Å². The predicted molar refractivity (Wildman–Crippen MR) is 90.8 cm³/mol. The Bertz CT molecular complexity index is 438. The highest BCUT2D eigenvalue weighted by Gasteiger charge is 2.45. The molecular weight excluding hydrogens is 356 g/mol. The van der Waals surface area contributed by atoms with Crippen LogP contribution in [-0.2, 0) is 19.1 Å². The van der Waals surface area contributed by atoms with Gasteiger partial charge in [-0.1, -0.05) is 20.8 Å². The summed E-state index contributed by atoms with van der Waals surface area (Å²) in [6.45, 7) is 4.96. The molecule has 1 amide bonds. The largest absolute Gasteiger partial charge is 0.462 e. The molecular formula is C15H29ClN2O7. The molecule has 0 spiro atoms. The number of aliphatic hydroxyl groups is 3. The number of nitrogens with two attached hydrogens (primary N) is 1. The highest BCUT2D eigenvalue weighted by atomic mass is 35.5. The number of ether oxygens (including phenoxy) is 2. The molecule has 9 nitrogen and oxygen atoms in total. The first-order chi connectivity index (χ1) is 11.2. The monoisotopic (exact) mass is 384 g/mol. The number of halogens is 1. The SMILES string of the molecule is CCCC(=O)N[C@H]1C(O)O[C@H](COC(=O)C(N)C(C)C)[C@@H](O)[C@@H]1O.Cl. The molecule has 0 bridgehead atoms. The minimum absolute atomic E-state index is 0. The molecule has 0 aliphatic carbocycles. The molecule has 1 saturated heterocycles. The predicted octanol–water partition coefficient (Wildman–Crippen LogP) is -1.34. The molecule has 2 unspecified atom stereocenters. The Kier molecular flexibility index (Phi) is 10.5. The highest BCUT2D eigenvalue weighted by Crippen LogP contribution is 2.21. The van der Waals surface area contributed by atoms with Crippen LogP contribution >= 0.6 is 12.4 Å². The molecule has 1 heterocycles. The van der Waals surface area contributed by atoms with Gasteiger partial charge in [-0.15, -0.1) is 12.4 Å². The first-order valence-electron chi connectivity index (χ1n) is 8.10. The Morgan fingerprint density at radius 2 is 1.84 bits per heavy atom. The summed E-state index contributed by atoms with van der Waals surface area (Å²) < 4.78 is 10.1. The number of hydrogen-bond donors (Lipinski definition) is 5. The zero-order chi connectivity index (χ0) is 18.4. The molecule has 1 rings (SSSR count). The van der Waals surface area contributed by atoms with Gasteiger partial charge in [-0.3, -0.25) is 9.59 Å². The van der Waals surface area contributed by atoms with Crippen molar-refractivity contribution in [3.8, 4) is 0 Å². The third-order valence-electron chi connectivity index (χ3n) is 3.91.